The number of pyridine rings is 1. The van der Waals surface area contributed by atoms with Crippen LogP contribution in [0.5, 0.6) is 0 Å². The van der Waals surface area contributed by atoms with Crippen LogP contribution in [-0.4, -0.2) is 22.6 Å². The first-order valence-corrected chi connectivity index (χ1v) is 8.74. The van der Waals surface area contributed by atoms with Gasteiger partial charge in [-0.25, -0.2) is 0 Å². The van der Waals surface area contributed by atoms with Gasteiger partial charge in [-0.1, -0.05) is 29.7 Å². The lowest BCUT2D eigenvalue weighted by Crippen LogP contribution is -2.28. The number of aliphatic hydroxyl groups excluding tert-OH is 1. The first kappa shape index (κ1) is 18.8. The number of carbonyl (C=O) groups is 1. The third kappa shape index (κ3) is 4.59. The molecule has 3 rings (SSSR count). The van der Waals surface area contributed by atoms with Gasteiger partial charge in [-0.05, 0) is 30.0 Å². The zero-order valence-electron chi connectivity index (χ0n) is 14.3. The second-order valence-corrected chi connectivity index (χ2v) is 6.26. The van der Waals surface area contributed by atoms with Gasteiger partial charge in [0.2, 0.25) is 11.1 Å². The van der Waals surface area contributed by atoms with E-state index in [2.05, 4.69) is 22.1 Å². The number of benzene rings is 1. The fraction of sp³-hybridized carbons (Fsp3) is 0.200. The molecule has 27 heavy (non-hydrogen) atoms. The van der Waals surface area contributed by atoms with Gasteiger partial charge < -0.3 is 19.8 Å². The van der Waals surface area contributed by atoms with E-state index in [9.17, 15) is 9.59 Å². The van der Waals surface area contributed by atoms with Gasteiger partial charge in [0.15, 0.2) is 5.76 Å². The third-order valence-electron chi connectivity index (χ3n) is 3.85. The van der Waals surface area contributed by atoms with Gasteiger partial charge >= 0.3 is 0 Å². The molecule has 0 unspecified atom stereocenters. The Hall–Kier alpha value is -3.01. The minimum absolute atomic E-state index is 0.00273. The number of rotatable bonds is 5. The van der Waals surface area contributed by atoms with Crippen molar-refractivity contribution in [3.05, 3.63) is 68.7 Å². The number of furan rings is 1. The molecule has 0 aliphatic rings. The van der Waals surface area contributed by atoms with Crippen molar-refractivity contribution in [1.82, 2.24) is 10.3 Å². The quantitative estimate of drug-likeness (QED) is 0.465. The Balaban J connectivity index is 1.76. The van der Waals surface area contributed by atoms with Crippen molar-refractivity contribution >= 4 is 28.6 Å². The van der Waals surface area contributed by atoms with E-state index in [0.29, 0.717) is 23.6 Å². The van der Waals surface area contributed by atoms with E-state index in [1.54, 1.807) is 24.3 Å². The Morgan fingerprint density at radius 3 is 2.81 bits per heavy atom. The van der Waals surface area contributed by atoms with Crippen LogP contribution in [0, 0.1) is 11.8 Å². The minimum Gasteiger partial charge on any atom is -0.431 e. The van der Waals surface area contributed by atoms with Gasteiger partial charge in [0.1, 0.15) is 5.56 Å². The minimum atomic E-state index is -0.482. The number of hydrogen-bond acceptors (Lipinski definition) is 4. The fourth-order valence-electron chi connectivity index (χ4n) is 2.44. The van der Waals surface area contributed by atoms with Gasteiger partial charge in [-0.3, -0.25) is 9.59 Å². The van der Waals surface area contributed by atoms with Crippen LogP contribution in [0.2, 0.25) is 5.02 Å². The van der Waals surface area contributed by atoms with E-state index in [1.807, 2.05) is 0 Å². The summed E-state index contributed by atoms with van der Waals surface area (Å²) >= 11 is 5.83. The smallest absolute Gasteiger partial charge is 0.257 e. The van der Waals surface area contributed by atoms with Gasteiger partial charge in [0, 0.05) is 36.9 Å². The van der Waals surface area contributed by atoms with Gasteiger partial charge in [0.25, 0.3) is 5.91 Å². The highest BCUT2D eigenvalue weighted by atomic mass is 35.5. The maximum absolute atomic E-state index is 12.6. The third-order valence-corrected chi connectivity index (χ3v) is 4.10. The zero-order chi connectivity index (χ0) is 19.2. The number of aliphatic hydroxyl groups is 1. The predicted octanol–water partition coefficient (Wildman–Crippen LogP) is 2.83. The number of aromatic amines is 1. The first-order valence-electron chi connectivity index (χ1n) is 8.36. The van der Waals surface area contributed by atoms with Crippen molar-refractivity contribution < 1.29 is 14.3 Å². The van der Waals surface area contributed by atoms with Crippen molar-refractivity contribution in [2.75, 3.05) is 6.61 Å². The van der Waals surface area contributed by atoms with Gasteiger partial charge in [0.05, 0.1) is 5.39 Å². The van der Waals surface area contributed by atoms with E-state index in [-0.39, 0.29) is 29.8 Å². The van der Waals surface area contributed by atoms with Crippen LogP contribution in [0.4, 0.5) is 0 Å². The average molecular weight is 385 g/mol. The second kappa shape index (κ2) is 8.58. The summed E-state index contributed by atoms with van der Waals surface area (Å²) in [5.41, 5.74) is 0.705. The highest BCUT2D eigenvalue weighted by Gasteiger charge is 2.15. The molecule has 0 aliphatic carbocycles. The van der Waals surface area contributed by atoms with Crippen molar-refractivity contribution in [3.8, 4) is 11.8 Å². The summed E-state index contributed by atoms with van der Waals surface area (Å²) in [6.07, 6.45) is 2.43. The number of amides is 1. The van der Waals surface area contributed by atoms with Crippen LogP contribution in [-0.2, 0) is 6.54 Å². The molecule has 0 aliphatic heterocycles. The molecule has 2 aromatic heterocycles. The van der Waals surface area contributed by atoms with Crippen molar-refractivity contribution in [2.45, 2.75) is 19.4 Å². The van der Waals surface area contributed by atoms with Crippen LogP contribution in [0.15, 0.2) is 45.7 Å². The molecule has 1 aromatic carbocycles. The maximum Gasteiger partial charge on any atom is 0.257 e. The molecule has 0 bridgehead atoms. The first-order chi connectivity index (χ1) is 13.1. The van der Waals surface area contributed by atoms with E-state index in [4.69, 9.17) is 21.1 Å². The van der Waals surface area contributed by atoms with Crippen LogP contribution in [0.25, 0.3) is 11.1 Å². The maximum atomic E-state index is 12.6. The van der Waals surface area contributed by atoms with E-state index >= 15 is 0 Å². The highest BCUT2D eigenvalue weighted by Crippen LogP contribution is 2.14. The van der Waals surface area contributed by atoms with Crippen molar-refractivity contribution in [3.63, 3.8) is 0 Å². The number of hydrogen-bond donors (Lipinski definition) is 3. The number of carbonyl (C=O) groups excluding carboxylic acids is 1. The molecule has 138 valence electrons. The monoisotopic (exact) mass is 384 g/mol. The average Bonchev–Trinajstić information content (AvgIpc) is 3.09. The summed E-state index contributed by atoms with van der Waals surface area (Å²) in [4.78, 5) is 27.8. The molecule has 6 nitrogen and oxygen atoms in total. The van der Waals surface area contributed by atoms with E-state index < -0.39 is 11.3 Å². The molecule has 3 N–H and O–H groups in total. The summed E-state index contributed by atoms with van der Waals surface area (Å²) in [6, 6.07) is 8.57. The summed E-state index contributed by atoms with van der Waals surface area (Å²) in [5, 5.41) is 12.3. The molecule has 1 amide bonds. The fourth-order valence-corrected chi connectivity index (χ4v) is 2.57. The molecule has 3 aromatic rings. The summed E-state index contributed by atoms with van der Waals surface area (Å²) in [7, 11) is 0. The molecular weight excluding hydrogens is 368 g/mol. The predicted molar refractivity (Wildman–Crippen MR) is 103 cm³/mol. The van der Waals surface area contributed by atoms with E-state index in [0.717, 1.165) is 5.56 Å². The summed E-state index contributed by atoms with van der Waals surface area (Å²) < 4.78 is 5.47. The molecule has 0 atom stereocenters. The van der Waals surface area contributed by atoms with Gasteiger partial charge in [-0.15, -0.1) is 0 Å². The second-order valence-electron chi connectivity index (χ2n) is 5.82. The largest absolute Gasteiger partial charge is 0.431 e. The molecule has 2 heterocycles. The molecule has 0 saturated heterocycles. The zero-order valence-corrected chi connectivity index (χ0v) is 15.1. The van der Waals surface area contributed by atoms with Crippen molar-refractivity contribution in [2.24, 2.45) is 0 Å². The number of H-pyrrole nitrogens is 1. The normalized spacial score (nSPS) is 10.4. The lowest BCUT2D eigenvalue weighted by molar-refractivity contribution is 0.0949. The molecule has 0 fully saturated rings. The van der Waals surface area contributed by atoms with Crippen molar-refractivity contribution in [1.29, 1.82) is 0 Å². The Morgan fingerprint density at radius 2 is 2.07 bits per heavy atom. The highest BCUT2D eigenvalue weighted by molar-refractivity contribution is 6.30. The lowest BCUT2D eigenvalue weighted by Gasteiger charge is -2.05. The lowest BCUT2D eigenvalue weighted by atomic mass is 10.2. The Labute approximate surface area is 160 Å². The van der Waals surface area contributed by atoms with Crippen LogP contribution < -0.4 is 10.7 Å². The molecular formula is C20H17ClN2O4. The Morgan fingerprint density at radius 1 is 1.30 bits per heavy atom. The molecule has 0 saturated carbocycles. The standard InChI is InChI=1S/C20H17ClN2O4/c21-14-7-5-13(6-8-14)11-22-19(26)17-12-23-20-16(18(17)25)10-15(27-20)4-2-1-3-9-24/h5-8,10,12,24H,1,3,9,11H2,(H,22,26)(H,23,25). The SMILES string of the molecule is O=C(NCc1ccc(Cl)cc1)c1c[nH]c2oc(C#CCCCO)cc2c1=O. The molecule has 0 radical (unpaired) electrons. The summed E-state index contributed by atoms with van der Waals surface area (Å²) in [6.45, 7) is 0.349. The number of halogens is 1. The van der Waals surface area contributed by atoms with Crippen LogP contribution in [0.1, 0.15) is 34.5 Å². The topological polar surface area (TPSA) is 95.3 Å². The number of nitrogens with one attached hydrogen (secondary N) is 2. The Bertz CT molecular complexity index is 1070. The molecule has 7 heteroatoms. The van der Waals surface area contributed by atoms with E-state index in [1.165, 1.54) is 12.3 Å². The molecule has 0 spiro atoms. The Kier molecular flexibility index (Phi) is 5.97. The van der Waals surface area contributed by atoms with Crippen LogP contribution >= 0.6 is 11.6 Å². The number of unbranched alkanes of at least 4 members (excludes halogenated alkanes) is 1. The number of aromatic nitrogens is 1. The van der Waals surface area contributed by atoms with Gasteiger partial charge in [-0.2, -0.15) is 0 Å². The number of fused-ring (bicyclic) bond motifs is 1. The summed E-state index contributed by atoms with van der Waals surface area (Å²) in [5.74, 6) is 5.50. The van der Waals surface area contributed by atoms with Crippen LogP contribution in [0.3, 0.4) is 0 Å².